The summed E-state index contributed by atoms with van der Waals surface area (Å²) in [5.41, 5.74) is 2.10. The van der Waals surface area contributed by atoms with Crippen molar-refractivity contribution in [1.82, 2.24) is 0 Å². The van der Waals surface area contributed by atoms with E-state index in [1.54, 1.807) is 12.2 Å². The van der Waals surface area contributed by atoms with Crippen LogP contribution in [-0.2, 0) is 0 Å². The molecule has 0 fully saturated rings. The van der Waals surface area contributed by atoms with Crippen LogP contribution in [0.5, 0.6) is 11.5 Å². The molecule has 0 spiro atoms. The Kier molecular flexibility index (Phi) is 5.01. The van der Waals surface area contributed by atoms with Crippen LogP contribution in [0.25, 0.3) is 11.1 Å². The molecular formula is C18H18O2. The van der Waals surface area contributed by atoms with Gasteiger partial charge in [0.05, 0.1) is 0 Å². The molecule has 2 nitrogen and oxygen atoms in total. The van der Waals surface area contributed by atoms with Crippen LogP contribution in [-0.4, -0.2) is 13.2 Å². The molecule has 2 heteroatoms. The first-order valence-corrected chi connectivity index (χ1v) is 6.52. The van der Waals surface area contributed by atoms with Crippen molar-refractivity contribution in [1.29, 1.82) is 0 Å². The fourth-order valence-corrected chi connectivity index (χ4v) is 1.89. The topological polar surface area (TPSA) is 18.5 Å². The normalized spacial score (nSPS) is 9.80. The summed E-state index contributed by atoms with van der Waals surface area (Å²) >= 11 is 0. The van der Waals surface area contributed by atoms with Crippen molar-refractivity contribution in [3.05, 3.63) is 73.8 Å². The third-order valence-electron chi connectivity index (χ3n) is 2.76. The maximum Gasteiger partial charge on any atom is 0.127 e. The molecule has 0 unspecified atom stereocenters. The summed E-state index contributed by atoms with van der Waals surface area (Å²) in [4.78, 5) is 0. The molecular weight excluding hydrogens is 248 g/mol. The molecule has 0 saturated carbocycles. The van der Waals surface area contributed by atoms with Crippen molar-refractivity contribution in [3.63, 3.8) is 0 Å². The Hall–Kier alpha value is -2.48. The number of ether oxygens (including phenoxy) is 2. The van der Waals surface area contributed by atoms with E-state index in [0.717, 1.165) is 22.6 Å². The van der Waals surface area contributed by atoms with Gasteiger partial charge in [-0.3, -0.25) is 0 Å². The van der Waals surface area contributed by atoms with E-state index in [-0.39, 0.29) is 0 Å². The summed E-state index contributed by atoms with van der Waals surface area (Å²) in [6.07, 6.45) is 3.47. The molecule has 0 heterocycles. The first kappa shape index (κ1) is 13.9. The molecule has 0 bridgehead atoms. The molecule has 0 aromatic heterocycles. The monoisotopic (exact) mass is 266 g/mol. The van der Waals surface area contributed by atoms with Crippen molar-refractivity contribution in [2.45, 2.75) is 0 Å². The van der Waals surface area contributed by atoms with Crippen molar-refractivity contribution in [2.24, 2.45) is 0 Å². The summed E-state index contributed by atoms with van der Waals surface area (Å²) in [5.74, 6) is 1.66. The van der Waals surface area contributed by atoms with Gasteiger partial charge < -0.3 is 9.47 Å². The summed E-state index contributed by atoms with van der Waals surface area (Å²) in [5, 5.41) is 0. The summed E-state index contributed by atoms with van der Waals surface area (Å²) in [6.45, 7) is 8.31. The molecule has 20 heavy (non-hydrogen) atoms. The fraction of sp³-hybridized carbons (Fsp3) is 0.111. The zero-order chi connectivity index (χ0) is 14.2. The number of para-hydroxylation sites is 1. The minimum absolute atomic E-state index is 0.490. The largest absolute Gasteiger partial charge is 0.490 e. The average Bonchev–Trinajstić information content (AvgIpc) is 2.51. The van der Waals surface area contributed by atoms with Crippen molar-refractivity contribution >= 4 is 0 Å². The molecule has 102 valence electrons. The smallest absolute Gasteiger partial charge is 0.127 e. The number of rotatable bonds is 7. The molecule has 0 amide bonds. The highest BCUT2D eigenvalue weighted by molar-refractivity contribution is 5.71. The molecule has 0 aliphatic carbocycles. The maximum absolute atomic E-state index is 5.69. The molecule has 0 atom stereocenters. The van der Waals surface area contributed by atoms with E-state index < -0.39 is 0 Å². The number of hydrogen-bond donors (Lipinski definition) is 0. The standard InChI is InChI=1S/C18H18O2/c1-3-12-19-16-9-7-8-15(14-16)17-10-5-6-11-18(17)20-13-4-2/h3-11,14H,1-2,12-13H2. The fourth-order valence-electron chi connectivity index (χ4n) is 1.89. The highest BCUT2D eigenvalue weighted by atomic mass is 16.5. The third-order valence-corrected chi connectivity index (χ3v) is 2.76. The van der Waals surface area contributed by atoms with E-state index >= 15 is 0 Å². The number of hydrogen-bond acceptors (Lipinski definition) is 2. The van der Waals surface area contributed by atoms with Crippen LogP contribution < -0.4 is 9.47 Å². The summed E-state index contributed by atoms with van der Waals surface area (Å²) < 4.78 is 11.2. The molecule has 0 aliphatic heterocycles. The second-order valence-electron chi connectivity index (χ2n) is 4.22. The zero-order valence-electron chi connectivity index (χ0n) is 11.4. The van der Waals surface area contributed by atoms with Crippen molar-refractivity contribution in [3.8, 4) is 22.6 Å². The molecule has 2 aromatic rings. The lowest BCUT2D eigenvalue weighted by Gasteiger charge is -2.11. The van der Waals surface area contributed by atoms with Gasteiger partial charge in [0, 0.05) is 5.56 Å². The Balaban J connectivity index is 2.30. The summed E-state index contributed by atoms with van der Waals surface area (Å²) in [7, 11) is 0. The van der Waals surface area contributed by atoms with Crippen LogP contribution in [0, 0.1) is 0 Å². The van der Waals surface area contributed by atoms with Crippen LogP contribution in [0.15, 0.2) is 73.8 Å². The van der Waals surface area contributed by atoms with Crippen LogP contribution in [0.2, 0.25) is 0 Å². The van der Waals surface area contributed by atoms with E-state index in [4.69, 9.17) is 9.47 Å². The van der Waals surface area contributed by atoms with Gasteiger partial charge in [-0.1, -0.05) is 55.6 Å². The Morgan fingerprint density at radius 2 is 1.60 bits per heavy atom. The third kappa shape index (κ3) is 3.51. The Bertz CT molecular complexity index is 587. The van der Waals surface area contributed by atoms with Gasteiger partial charge in [0.25, 0.3) is 0 Å². The molecule has 2 aromatic carbocycles. The van der Waals surface area contributed by atoms with Crippen molar-refractivity contribution < 1.29 is 9.47 Å². The zero-order valence-corrected chi connectivity index (χ0v) is 11.4. The first-order valence-electron chi connectivity index (χ1n) is 6.52. The lowest BCUT2D eigenvalue weighted by Crippen LogP contribution is -1.96. The van der Waals surface area contributed by atoms with E-state index in [1.165, 1.54) is 0 Å². The van der Waals surface area contributed by atoms with E-state index in [2.05, 4.69) is 13.2 Å². The quantitative estimate of drug-likeness (QED) is 0.688. The SMILES string of the molecule is C=CCOc1cccc(-c2ccccc2OCC=C)c1. The first-order chi connectivity index (χ1) is 9.85. The lowest BCUT2D eigenvalue weighted by atomic mass is 10.0. The Labute approximate surface area is 120 Å². The minimum atomic E-state index is 0.490. The van der Waals surface area contributed by atoms with Gasteiger partial charge in [-0.25, -0.2) is 0 Å². The van der Waals surface area contributed by atoms with Crippen LogP contribution in [0.3, 0.4) is 0 Å². The van der Waals surface area contributed by atoms with E-state index in [9.17, 15) is 0 Å². The molecule has 0 radical (unpaired) electrons. The minimum Gasteiger partial charge on any atom is -0.490 e. The predicted molar refractivity (Wildman–Crippen MR) is 83.3 cm³/mol. The highest BCUT2D eigenvalue weighted by Gasteiger charge is 2.06. The van der Waals surface area contributed by atoms with Crippen LogP contribution in [0.4, 0.5) is 0 Å². The van der Waals surface area contributed by atoms with E-state index in [1.807, 2.05) is 48.5 Å². The highest BCUT2D eigenvalue weighted by Crippen LogP contribution is 2.31. The predicted octanol–water partition coefficient (Wildman–Crippen LogP) is 4.48. The van der Waals surface area contributed by atoms with Crippen LogP contribution in [0.1, 0.15) is 0 Å². The maximum atomic E-state index is 5.69. The summed E-state index contributed by atoms with van der Waals surface area (Å²) in [6, 6.07) is 15.9. The second kappa shape index (κ2) is 7.19. The van der Waals surface area contributed by atoms with Gasteiger partial charge >= 0.3 is 0 Å². The van der Waals surface area contributed by atoms with Crippen LogP contribution >= 0.6 is 0 Å². The second-order valence-corrected chi connectivity index (χ2v) is 4.22. The molecule has 0 saturated heterocycles. The van der Waals surface area contributed by atoms with Crippen molar-refractivity contribution in [2.75, 3.05) is 13.2 Å². The number of benzene rings is 2. The molecule has 0 aliphatic rings. The van der Waals surface area contributed by atoms with E-state index in [0.29, 0.717) is 13.2 Å². The Morgan fingerprint density at radius 3 is 2.40 bits per heavy atom. The van der Waals surface area contributed by atoms with Gasteiger partial charge in [-0.2, -0.15) is 0 Å². The van der Waals surface area contributed by atoms with Gasteiger partial charge in [-0.05, 0) is 23.8 Å². The van der Waals surface area contributed by atoms with Gasteiger partial charge in [0.1, 0.15) is 24.7 Å². The molecule has 2 rings (SSSR count). The average molecular weight is 266 g/mol. The van der Waals surface area contributed by atoms with Gasteiger partial charge in [0.15, 0.2) is 0 Å². The Morgan fingerprint density at radius 1 is 0.850 bits per heavy atom. The van der Waals surface area contributed by atoms with Gasteiger partial charge in [0.2, 0.25) is 0 Å². The lowest BCUT2D eigenvalue weighted by molar-refractivity contribution is 0.362. The van der Waals surface area contributed by atoms with Gasteiger partial charge in [-0.15, -0.1) is 0 Å². The molecule has 0 N–H and O–H groups in total.